The number of anilines is 2. The van der Waals surface area contributed by atoms with Gasteiger partial charge in [0.25, 0.3) is 5.91 Å². The molecule has 1 saturated heterocycles. The van der Waals surface area contributed by atoms with Crippen LogP contribution in [0.4, 0.5) is 16.0 Å². The molecule has 1 fully saturated rings. The van der Waals surface area contributed by atoms with Crippen molar-refractivity contribution in [1.82, 2.24) is 14.9 Å². The lowest BCUT2D eigenvalue weighted by Gasteiger charge is -2.31. The van der Waals surface area contributed by atoms with Crippen molar-refractivity contribution >= 4 is 34.9 Å². The zero-order chi connectivity index (χ0) is 28.5. The van der Waals surface area contributed by atoms with E-state index >= 15 is 4.39 Å². The number of hydrogen-bond acceptors (Lipinski definition) is 6. The molecule has 6 rings (SSSR count). The largest absolute Gasteiger partial charge is 0.496 e. The molecule has 0 radical (unpaired) electrons. The van der Waals surface area contributed by atoms with Gasteiger partial charge in [-0.1, -0.05) is 30.7 Å². The second kappa shape index (κ2) is 11.3. The van der Waals surface area contributed by atoms with Crippen LogP contribution in [0.5, 0.6) is 5.75 Å². The Hall–Kier alpha value is -4.30. The molecule has 2 aliphatic rings. The molecule has 1 amide bonds. The second-order valence-corrected chi connectivity index (χ2v) is 10.9. The van der Waals surface area contributed by atoms with E-state index in [1.165, 1.54) is 13.2 Å². The van der Waals surface area contributed by atoms with Crippen LogP contribution in [0, 0.1) is 11.7 Å². The number of carbonyl (C=O) groups excluding carboxylic acids is 1. The monoisotopic (exact) mass is 569 g/mol. The summed E-state index contributed by atoms with van der Waals surface area (Å²) in [7, 11) is 1.50. The van der Waals surface area contributed by atoms with E-state index in [0.29, 0.717) is 45.2 Å². The summed E-state index contributed by atoms with van der Waals surface area (Å²) in [4.78, 5) is 29.0. The predicted molar refractivity (Wildman–Crippen MR) is 159 cm³/mol. The maximum Gasteiger partial charge on any atom is 0.253 e. The van der Waals surface area contributed by atoms with E-state index in [9.17, 15) is 4.79 Å². The highest BCUT2D eigenvalue weighted by molar-refractivity contribution is 6.31. The first-order chi connectivity index (χ1) is 19.9. The predicted octanol–water partition coefficient (Wildman–Crippen LogP) is 6.91. The number of piperidine rings is 1. The summed E-state index contributed by atoms with van der Waals surface area (Å²) >= 11 is 6.40. The summed E-state index contributed by atoms with van der Waals surface area (Å²) in [5.74, 6) is 0.911. The van der Waals surface area contributed by atoms with Gasteiger partial charge in [-0.25, -0.2) is 14.4 Å². The summed E-state index contributed by atoms with van der Waals surface area (Å²) < 4.78 is 20.6. The molecular formula is C32H29ClFN5O2. The van der Waals surface area contributed by atoms with Gasteiger partial charge >= 0.3 is 0 Å². The van der Waals surface area contributed by atoms with Crippen molar-refractivity contribution in [2.24, 2.45) is 10.9 Å². The molecule has 4 aromatic rings. The molecule has 208 valence electrons. The first kappa shape index (κ1) is 26.9. The Balaban J connectivity index is 1.30. The van der Waals surface area contributed by atoms with Crippen molar-refractivity contribution in [3.05, 3.63) is 100.0 Å². The van der Waals surface area contributed by atoms with Crippen LogP contribution >= 0.6 is 11.6 Å². The molecule has 0 saturated carbocycles. The van der Waals surface area contributed by atoms with Crippen LogP contribution in [0.3, 0.4) is 0 Å². The van der Waals surface area contributed by atoms with Gasteiger partial charge in [-0.05, 0) is 67.3 Å². The first-order valence-corrected chi connectivity index (χ1v) is 14.0. The quantitative estimate of drug-likeness (QED) is 0.282. The van der Waals surface area contributed by atoms with Crippen molar-refractivity contribution in [1.29, 1.82) is 0 Å². The maximum absolute atomic E-state index is 15.1. The number of aliphatic imine (C=N–C) groups is 1. The molecule has 1 unspecified atom stereocenters. The molecule has 1 atom stereocenters. The number of fused-ring (bicyclic) bond motifs is 3. The van der Waals surface area contributed by atoms with Crippen molar-refractivity contribution in [2.45, 2.75) is 26.3 Å². The highest BCUT2D eigenvalue weighted by Gasteiger charge is 2.26. The van der Waals surface area contributed by atoms with Crippen LogP contribution in [0.25, 0.3) is 11.3 Å². The van der Waals surface area contributed by atoms with Gasteiger partial charge in [0.05, 0.1) is 30.6 Å². The molecule has 2 aliphatic heterocycles. The van der Waals surface area contributed by atoms with Crippen LogP contribution in [-0.4, -0.2) is 46.7 Å². The normalized spacial score (nSPS) is 16.2. The lowest BCUT2D eigenvalue weighted by atomic mass is 9.94. The summed E-state index contributed by atoms with van der Waals surface area (Å²) in [5, 5.41) is 3.75. The van der Waals surface area contributed by atoms with Gasteiger partial charge in [0.15, 0.2) is 0 Å². The average Bonchev–Trinajstić information content (AvgIpc) is 3.13. The topological polar surface area (TPSA) is 79.7 Å². The number of benzene rings is 3. The van der Waals surface area contributed by atoms with Gasteiger partial charge in [-0.15, -0.1) is 0 Å². The highest BCUT2D eigenvalue weighted by atomic mass is 35.5. The van der Waals surface area contributed by atoms with Crippen LogP contribution in [0.15, 0.2) is 71.9 Å². The molecule has 3 aromatic carbocycles. The highest BCUT2D eigenvalue weighted by Crippen LogP contribution is 2.36. The molecule has 1 aromatic heterocycles. The molecule has 7 nitrogen and oxygen atoms in total. The summed E-state index contributed by atoms with van der Waals surface area (Å²) in [5.41, 5.74) is 5.00. The van der Waals surface area contributed by atoms with Gasteiger partial charge in [0.2, 0.25) is 5.95 Å². The lowest BCUT2D eigenvalue weighted by Crippen LogP contribution is -2.39. The van der Waals surface area contributed by atoms with Crippen LogP contribution < -0.4 is 10.1 Å². The Morgan fingerprint density at radius 1 is 1.12 bits per heavy atom. The number of methoxy groups -OCH3 is 1. The number of halogens is 2. The molecule has 0 aliphatic carbocycles. The second-order valence-electron chi connectivity index (χ2n) is 10.4. The maximum atomic E-state index is 15.1. The van der Waals surface area contributed by atoms with E-state index < -0.39 is 5.82 Å². The number of likely N-dealkylation sites (tertiary alicyclic amines) is 1. The molecular weight excluding hydrogens is 541 g/mol. The van der Waals surface area contributed by atoms with Gasteiger partial charge in [-0.3, -0.25) is 9.79 Å². The van der Waals surface area contributed by atoms with Crippen molar-refractivity contribution in [3.63, 3.8) is 0 Å². The minimum Gasteiger partial charge on any atom is -0.496 e. The summed E-state index contributed by atoms with van der Waals surface area (Å²) in [6, 6.07) is 17.5. The number of nitrogens with one attached hydrogen (secondary N) is 1. The minimum atomic E-state index is -0.440. The molecule has 0 spiro atoms. The zero-order valence-corrected chi connectivity index (χ0v) is 23.6. The van der Waals surface area contributed by atoms with Gasteiger partial charge in [-0.2, -0.15) is 0 Å². The molecule has 9 heteroatoms. The molecule has 0 bridgehead atoms. The Kier molecular flexibility index (Phi) is 7.41. The third kappa shape index (κ3) is 5.39. The molecule has 41 heavy (non-hydrogen) atoms. The van der Waals surface area contributed by atoms with Crippen LogP contribution in [0.2, 0.25) is 5.02 Å². The fraction of sp³-hybridized carbons (Fsp3) is 0.250. The third-order valence-corrected chi connectivity index (χ3v) is 7.76. The average molecular weight is 570 g/mol. The molecule has 1 N–H and O–H groups in total. The number of rotatable bonds is 5. The Labute approximate surface area is 243 Å². The zero-order valence-electron chi connectivity index (χ0n) is 22.8. The van der Waals surface area contributed by atoms with Crippen molar-refractivity contribution in [3.8, 4) is 17.0 Å². The lowest BCUT2D eigenvalue weighted by molar-refractivity contribution is 0.0683. The number of hydrogen-bond donors (Lipinski definition) is 1. The van der Waals surface area contributed by atoms with Gasteiger partial charge < -0.3 is 15.0 Å². The van der Waals surface area contributed by atoms with Crippen LogP contribution in [-0.2, 0) is 6.54 Å². The van der Waals surface area contributed by atoms with E-state index in [-0.39, 0.29) is 18.0 Å². The summed E-state index contributed by atoms with van der Waals surface area (Å²) in [6.45, 7) is 4.03. The number of carbonyl (C=O) groups is 1. The van der Waals surface area contributed by atoms with Crippen molar-refractivity contribution in [2.75, 3.05) is 25.5 Å². The number of amides is 1. The van der Waals surface area contributed by atoms with E-state index in [2.05, 4.69) is 17.2 Å². The van der Waals surface area contributed by atoms with Gasteiger partial charge in [0.1, 0.15) is 11.6 Å². The van der Waals surface area contributed by atoms with E-state index in [4.69, 9.17) is 26.3 Å². The van der Waals surface area contributed by atoms with Crippen LogP contribution in [0.1, 0.15) is 46.8 Å². The SMILES string of the molecule is COc1cccc(F)c1C1=NCc2cnc(Nc3ccc(C(=O)N4CCCC(C)C4)cc3)nc2-c2ccc(Cl)cc21. The fourth-order valence-electron chi connectivity index (χ4n) is 5.48. The Morgan fingerprint density at radius 3 is 2.73 bits per heavy atom. The minimum absolute atomic E-state index is 0.0573. The number of nitrogens with zero attached hydrogens (tertiary/aromatic N) is 4. The Bertz CT molecular complexity index is 1660. The van der Waals surface area contributed by atoms with Gasteiger partial charge in [0, 0.05) is 52.3 Å². The van der Waals surface area contributed by atoms with E-state index in [0.717, 1.165) is 42.7 Å². The third-order valence-electron chi connectivity index (χ3n) is 7.53. The summed E-state index contributed by atoms with van der Waals surface area (Å²) in [6.07, 6.45) is 3.93. The smallest absolute Gasteiger partial charge is 0.253 e. The standard InChI is InChI=1S/C32H29ClFN5O2/c1-19-5-4-14-39(18-19)31(40)20-8-11-23(12-9-20)37-32-36-17-21-16-35-30(28-26(34)6-3-7-27(28)41-2)25-15-22(33)10-13-24(25)29(21)38-32/h3,6-13,15,17,19H,4-5,14,16,18H2,1-2H3,(H,36,37,38). The first-order valence-electron chi connectivity index (χ1n) is 13.6. The fourth-order valence-corrected chi connectivity index (χ4v) is 5.66. The van der Waals surface area contributed by atoms with E-state index in [1.807, 2.05) is 35.2 Å². The molecule has 3 heterocycles. The number of ether oxygens (including phenoxy) is 1. The van der Waals surface area contributed by atoms with Crippen molar-refractivity contribution < 1.29 is 13.9 Å². The van der Waals surface area contributed by atoms with E-state index in [1.54, 1.807) is 30.5 Å². The number of aromatic nitrogens is 2. The Morgan fingerprint density at radius 2 is 1.95 bits per heavy atom.